The summed E-state index contributed by atoms with van der Waals surface area (Å²) in [5.41, 5.74) is 6.26. The molecule has 19 heavy (non-hydrogen) atoms. The molecular weight excluding hydrogens is 246 g/mol. The Balaban J connectivity index is 2.73. The van der Waals surface area contributed by atoms with Gasteiger partial charge in [-0.3, -0.25) is 4.79 Å². The quantitative estimate of drug-likeness (QED) is 0.222. The van der Waals surface area contributed by atoms with Gasteiger partial charge in [-0.15, -0.1) is 0 Å². The summed E-state index contributed by atoms with van der Waals surface area (Å²) < 4.78 is 5.13. The first-order valence-corrected chi connectivity index (χ1v) is 6.08. The van der Waals surface area contributed by atoms with Crippen molar-refractivity contribution in [2.75, 3.05) is 19.8 Å². The van der Waals surface area contributed by atoms with Crippen molar-refractivity contribution in [2.24, 2.45) is 10.9 Å². The zero-order valence-corrected chi connectivity index (χ0v) is 10.9. The van der Waals surface area contributed by atoms with E-state index in [1.54, 1.807) is 24.3 Å². The molecule has 0 aliphatic carbocycles. The van der Waals surface area contributed by atoms with Gasteiger partial charge in [0.1, 0.15) is 5.92 Å². The van der Waals surface area contributed by atoms with Crippen LogP contribution >= 0.6 is 0 Å². The van der Waals surface area contributed by atoms with Gasteiger partial charge in [-0.2, -0.15) is 0 Å². The number of ether oxygens (including phenoxy) is 1. The molecule has 4 N–H and O–H groups in total. The molecule has 1 aromatic carbocycles. The molecule has 0 aromatic heterocycles. The number of oxime groups is 1. The third-order valence-electron chi connectivity index (χ3n) is 2.56. The number of rotatable bonds is 7. The highest BCUT2D eigenvalue weighted by molar-refractivity contribution is 6.07. The first kappa shape index (κ1) is 15.0. The zero-order chi connectivity index (χ0) is 14.1. The number of nitrogens with zero attached hydrogens (tertiary/aromatic N) is 1. The second kappa shape index (κ2) is 8.10. The number of benzene rings is 1. The lowest BCUT2D eigenvalue weighted by atomic mass is 9.97. The molecule has 0 saturated carbocycles. The summed E-state index contributed by atoms with van der Waals surface area (Å²) in [6.45, 7) is 3.29. The van der Waals surface area contributed by atoms with E-state index in [0.29, 0.717) is 25.3 Å². The molecule has 1 aromatic rings. The minimum Gasteiger partial charge on any atom is -0.409 e. The molecule has 0 aliphatic rings. The fourth-order valence-corrected chi connectivity index (χ4v) is 1.65. The maximum Gasteiger partial charge on any atom is 0.235 e. The molecule has 1 amide bonds. The second-order valence-corrected chi connectivity index (χ2v) is 3.86. The van der Waals surface area contributed by atoms with Crippen molar-refractivity contribution in [1.29, 1.82) is 0 Å². The Bertz CT molecular complexity index is 420. The molecule has 0 spiro atoms. The van der Waals surface area contributed by atoms with Crippen LogP contribution in [0.15, 0.2) is 35.5 Å². The summed E-state index contributed by atoms with van der Waals surface area (Å²) in [5.74, 6) is -1.26. The maximum atomic E-state index is 12.1. The normalized spacial score (nSPS) is 13.0. The topological polar surface area (TPSA) is 96.9 Å². The van der Waals surface area contributed by atoms with Gasteiger partial charge in [0.25, 0.3) is 0 Å². The Kier molecular flexibility index (Phi) is 6.38. The third kappa shape index (κ3) is 4.59. The van der Waals surface area contributed by atoms with Crippen molar-refractivity contribution >= 4 is 11.7 Å². The molecule has 6 heteroatoms. The fraction of sp³-hybridized carbons (Fsp3) is 0.385. The summed E-state index contributed by atoms with van der Waals surface area (Å²) in [6, 6.07) is 8.93. The summed E-state index contributed by atoms with van der Waals surface area (Å²) in [7, 11) is 0. The highest BCUT2D eigenvalue weighted by atomic mass is 16.5. The Morgan fingerprint density at radius 3 is 2.74 bits per heavy atom. The smallest absolute Gasteiger partial charge is 0.235 e. The number of nitrogens with one attached hydrogen (secondary N) is 1. The van der Waals surface area contributed by atoms with Crippen LogP contribution in [-0.4, -0.2) is 36.7 Å². The van der Waals surface area contributed by atoms with Crippen LogP contribution in [0.25, 0.3) is 0 Å². The van der Waals surface area contributed by atoms with E-state index in [2.05, 4.69) is 10.5 Å². The number of hydrogen-bond acceptors (Lipinski definition) is 4. The molecule has 104 valence electrons. The van der Waals surface area contributed by atoms with Gasteiger partial charge in [0.2, 0.25) is 5.91 Å². The van der Waals surface area contributed by atoms with E-state index in [0.717, 1.165) is 0 Å². The van der Waals surface area contributed by atoms with E-state index in [-0.39, 0.29) is 11.7 Å². The molecule has 0 aliphatic heterocycles. The predicted octanol–water partition coefficient (Wildman–Crippen LogP) is 0.669. The molecular formula is C13H19N3O3. The lowest BCUT2D eigenvalue weighted by Crippen LogP contribution is -2.38. The summed E-state index contributed by atoms with van der Waals surface area (Å²) in [4.78, 5) is 12.1. The van der Waals surface area contributed by atoms with Crippen molar-refractivity contribution in [1.82, 2.24) is 5.32 Å². The molecule has 0 saturated heterocycles. The SMILES string of the molecule is CCOCCNC(=O)C(C(N)=NO)c1ccccc1. The van der Waals surface area contributed by atoms with E-state index in [4.69, 9.17) is 15.7 Å². The molecule has 0 heterocycles. The number of amidine groups is 1. The molecule has 0 fully saturated rings. The Labute approximate surface area is 112 Å². The minimum absolute atomic E-state index is 0.139. The first-order valence-electron chi connectivity index (χ1n) is 6.08. The van der Waals surface area contributed by atoms with Crippen LogP contribution in [0.4, 0.5) is 0 Å². The monoisotopic (exact) mass is 265 g/mol. The number of nitrogens with two attached hydrogens (primary N) is 1. The molecule has 1 atom stereocenters. The molecule has 1 unspecified atom stereocenters. The van der Waals surface area contributed by atoms with Crippen LogP contribution < -0.4 is 11.1 Å². The zero-order valence-electron chi connectivity index (χ0n) is 10.9. The lowest BCUT2D eigenvalue weighted by Gasteiger charge is -2.15. The van der Waals surface area contributed by atoms with Gasteiger partial charge in [0, 0.05) is 13.2 Å². The summed E-state index contributed by atoms with van der Waals surface area (Å²) in [5, 5.41) is 14.4. The summed E-state index contributed by atoms with van der Waals surface area (Å²) in [6.07, 6.45) is 0. The molecule has 1 rings (SSSR count). The van der Waals surface area contributed by atoms with Crippen molar-refractivity contribution in [3.63, 3.8) is 0 Å². The summed E-state index contributed by atoms with van der Waals surface area (Å²) >= 11 is 0. The van der Waals surface area contributed by atoms with Gasteiger partial charge in [0.15, 0.2) is 5.84 Å². The van der Waals surface area contributed by atoms with Crippen LogP contribution in [0, 0.1) is 0 Å². The van der Waals surface area contributed by atoms with Crippen LogP contribution in [0.3, 0.4) is 0 Å². The predicted molar refractivity (Wildman–Crippen MR) is 72.1 cm³/mol. The largest absolute Gasteiger partial charge is 0.409 e. The average Bonchev–Trinajstić information content (AvgIpc) is 2.45. The number of amides is 1. The molecule has 0 radical (unpaired) electrons. The van der Waals surface area contributed by atoms with Crippen LogP contribution in [0.5, 0.6) is 0 Å². The van der Waals surface area contributed by atoms with Gasteiger partial charge in [-0.25, -0.2) is 0 Å². The van der Waals surface area contributed by atoms with Gasteiger partial charge in [0.05, 0.1) is 6.61 Å². The van der Waals surface area contributed by atoms with Crippen molar-refractivity contribution in [2.45, 2.75) is 12.8 Å². The lowest BCUT2D eigenvalue weighted by molar-refractivity contribution is -0.121. The van der Waals surface area contributed by atoms with E-state index in [9.17, 15) is 4.79 Å². The van der Waals surface area contributed by atoms with Gasteiger partial charge in [-0.05, 0) is 12.5 Å². The standard InChI is InChI=1S/C13H19N3O3/c1-2-19-9-8-15-13(17)11(12(14)16-18)10-6-4-3-5-7-10/h3-7,11,18H,2,8-9H2,1H3,(H2,14,16)(H,15,17). The third-order valence-corrected chi connectivity index (χ3v) is 2.56. The van der Waals surface area contributed by atoms with Crippen LogP contribution in [0.2, 0.25) is 0 Å². The molecule has 6 nitrogen and oxygen atoms in total. The van der Waals surface area contributed by atoms with E-state index in [1.165, 1.54) is 0 Å². The van der Waals surface area contributed by atoms with Gasteiger partial charge in [-0.1, -0.05) is 35.5 Å². The number of hydrogen-bond donors (Lipinski definition) is 3. The Morgan fingerprint density at radius 1 is 1.47 bits per heavy atom. The van der Waals surface area contributed by atoms with E-state index in [1.807, 2.05) is 13.0 Å². The minimum atomic E-state index is -0.798. The van der Waals surface area contributed by atoms with Gasteiger partial charge >= 0.3 is 0 Å². The second-order valence-electron chi connectivity index (χ2n) is 3.86. The van der Waals surface area contributed by atoms with Crippen LogP contribution in [-0.2, 0) is 9.53 Å². The Hall–Kier alpha value is -2.08. The number of carbonyl (C=O) groups excluding carboxylic acids is 1. The van der Waals surface area contributed by atoms with E-state index < -0.39 is 5.92 Å². The highest BCUT2D eigenvalue weighted by Crippen LogP contribution is 2.15. The van der Waals surface area contributed by atoms with Gasteiger partial charge < -0.3 is 21.0 Å². The van der Waals surface area contributed by atoms with Crippen molar-refractivity contribution in [3.05, 3.63) is 35.9 Å². The fourth-order valence-electron chi connectivity index (χ4n) is 1.65. The van der Waals surface area contributed by atoms with Crippen molar-refractivity contribution in [3.8, 4) is 0 Å². The number of carbonyl (C=O) groups is 1. The average molecular weight is 265 g/mol. The maximum absolute atomic E-state index is 12.1. The van der Waals surface area contributed by atoms with E-state index >= 15 is 0 Å². The molecule has 0 bridgehead atoms. The first-order chi connectivity index (χ1) is 9.20. The highest BCUT2D eigenvalue weighted by Gasteiger charge is 2.24. The van der Waals surface area contributed by atoms with Crippen molar-refractivity contribution < 1.29 is 14.7 Å². The Morgan fingerprint density at radius 2 is 2.16 bits per heavy atom. The van der Waals surface area contributed by atoms with Crippen LogP contribution in [0.1, 0.15) is 18.4 Å².